The highest BCUT2D eigenvalue weighted by Gasteiger charge is 2.09. The van der Waals surface area contributed by atoms with Gasteiger partial charge in [0.15, 0.2) is 5.13 Å². The molecule has 0 atom stereocenters. The van der Waals surface area contributed by atoms with Crippen LogP contribution < -0.4 is 5.32 Å². The minimum atomic E-state index is 0.938. The van der Waals surface area contributed by atoms with Crippen LogP contribution in [0, 0.1) is 0 Å². The Morgan fingerprint density at radius 3 is 2.42 bits per heavy atom. The van der Waals surface area contributed by atoms with Crippen LogP contribution in [-0.4, -0.2) is 41.5 Å². The Bertz CT molecular complexity index is 502. The van der Waals surface area contributed by atoms with Crippen LogP contribution in [-0.2, 0) is 6.42 Å². The largest absolute Gasteiger partial charge is 0.365 e. The molecule has 0 aliphatic rings. The molecule has 0 aliphatic heterocycles. The molecule has 104 valence electrons. The van der Waals surface area contributed by atoms with E-state index in [-0.39, 0.29) is 0 Å². The Morgan fingerprint density at radius 2 is 1.79 bits per heavy atom. The predicted octanol–water partition coefficient (Wildman–Crippen LogP) is 3.19. The number of hydrogen-bond donors (Lipinski definition) is 1. The number of anilines is 1. The van der Waals surface area contributed by atoms with Gasteiger partial charge in [-0.25, -0.2) is 9.97 Å². The van der Waals surface area contributed by atoms with Crippen molar-refractivity contribution in [3.05, 3.63) is 15.8 Å². The van der Waals surface area contributed by atoms with Crippen molar-refractivity contribution in [1.82, 2.24) is 14.9 Å². The number of aromatic nitrogens is 2. The van der Waals surface area contributed by atoms with Gasteiger partial charge in [0.2, 0.25) is 0 Å². The van der Waals surface area contributed by atoms with Crippen LogP contribution >= 0.6 is 22.7 Å². The number of likely N-dealkylation sites (N-methyl/N-ethyl adjacent to an activating group) is 1. The number of thiazole rings is 2. The van der Waals surface area contributed by atoms with E-state index in [2.05, 4.69) is 44.8 Å². The molecule has 2 aromatic heterocycles. The lowest BCUT2D eigenvalue weighted by molar-refractivity contribution is 0.308. The minimum absolute atomic E-state index is 0.938. The molecule has 2 rings (SSSR count). The second-order valence-electron chi connectivity index (χ2n) is 4.19. The molecule has 0 saturated heterocycles. The lowest BCUT2D eigenvalue weighted by Crippen LogP contribution is -2.25. The second kappa shape index (κ2) is 6.98. The van der Waals surface area contributed by atoms with Crippen LogP contribution in [0.15, 0.2) is 10.8 Å². The maximum atomic E-state index is 4.68. The first-order valence-corrected chi connectivity index (χ1v) is 8.33. The highest BCUT2D eigenvalue weighted by atomic mass is 32.1. The quantitative estimate of drug-likeness (QED) is 0.852. The van der Waals surface area contributed by atoms with Gasteiger partial charge in [-0.1, -0.05) is 13.8 Å². The Kier molecular flexibility index (Phi) is 5.30. The van der Waals surface area contributed by atoms with Crippen LogP contribution in [0.5, 0.6) is 0 Å². The monoisotopic (exact) mass is 296 g/mol. The van der Waals surface area contributed by atoms with Gasteiger partial charge in [0.1, 0.15) is 11.4 Å². The average Bonchev–Trinajstić information content (AvgIpc) is 3.08. The lowest BCUT2D eigenvalue weighted by Gasteiger charge is -2.16. The molecule has 2 aromatic rings. The maximum absolute atomic E-state index is 4.68. The molecule has 4 nitrogen and oxygen atoms in total. The highest BCUT2D eigenvalue weighted by molar-refractivity contribution is 7.14. The zero-order valence-electron chi connectivity index (χ0n) is 11.6. The van der Waals surface area contributed by atoms with Crippen molar-refractivity contribution in [1.29, 1.82) is 0 Å². The van der Waals surface area contributed by atoms with Crippen LogP contribution in [0.2, 0.25) is 0 Å². The van der Waals surface area contributed by atoms with Gasteiger partial charge < -0.3 is 10.2 Å². The number of nitrogens with one attached hydrogen (secondary N) is 1. The molecule has 1 N–H and O–H groups in total. The molecular formula is C13H20N4S2. The third-order valence-electron chi connectivity index (χ3n) is 3.07. The van der Waals surface area contributed by atoms with Gasteiger partial charge in [-0.2, -0.15) is 0 Å². The molecule has 0 fully saturated rings. The summed E-state index contributed by atoms with van der Waals surface area (Å²) in [6, 6.07) is 0. The predicted molar refractivity (Wildman–Crippen MR) is 84.3 cm³/mol. The van der Waals surface area contributed by atoms with E-state index in [4.69, 9.17) is 0 Å². The first kappa shape index (κ1) is 14.4. The average molecular weight is 296 g/mol. The summed E-state index contributed by atoms with van der Waals surface area (Å²) in [5.74, 6) is 0. The Balaban J connectivity index is 1.98. The van der Waals surface area contributed by atoms with E-state index >= 15 is 0 Å². The van der Waals surface area contributed by atoms with E-state index in [0.717, 1.165) is 42.6 Å². The van der Waals surface area contributed by atoms with Gasteiger partial charge in [0.25, 0.3) is 0 Å². The molecule has 0 unspecified atom stereocenters. The molecule has 2 heterocycles. The van der Waals surface area contributed by atoms with Crippen molar-refractivity contribution in [2.24, 2.45) is 0 Å². The summed E-state index contributed by atoms with van der Waals surface area (Å²) in [5.41, 5.74) is 1.97. The first-order chi connectivity index (χ1) is 9.26. The van der Waals surface area contributed by atoms with E-state index < -0.39 is 0 Å². The van der Waals surface area contributed by atoms with E-state index in [1.54, 1.807) is 22.7 Å². The zero-order valence-corrected chi connectivity index (χ0v) is 13.3. The summed E-state index contributed by atoms with van der Waals surface area (Å²) in [7, 11) is 1.89. The van der Waals surface area contributed by atoms with E-state index in [1.807, 2.05) is 7.05 Å². The fraction of sp³-hybridized carbons (Fsp3) is 0.538. The maximum Gasteiger partial charge on any atom is 0.183 e. The summed E-state index contributed by atoms with van der Waals surface area (Å²) in [6.07, 6.45) is 1.02. The van der Waals surface area contributed by atoms with Gasteiger partial charge >= 0.3 is 0 Å². The fourth-order valence-electron chi connectivity index (χ4n) is 1.84. The lowest BCUT2D eigenvalue weighted by atomic mass is 10.3. The molecule has 19 heavy (non-hydrogen) atoms. The van der Waals surface area contributed by atoms with Crippen LogP contribution in [0.3, 0.4) is 0 Å². The zero-order chi connectivity index (χ0) is 13.7. The van der Waals surface area contributed by atoms with Gasteiger partial charge in [0, 0.05) is 30.8 Å². The summed E-state index contributed by atoms with van der Waals surface area (Å²) >= 11 is 3.34. The number of rotatable bonds is 7. The van der Waals surface area contributed by atoms with Crippen LogP contribution in [0.25, 0.3) is 11.4 Å². The van der Waals surface area contributed by atoms with Crippen molar-refractivity contribution in [2.75, 3.05) is 32.0 Å². The Morgan fingerprint density at radius 1 is 1.11 bits per heavy atom. The number of hydrogen-bond acceptors (Lipinski definition) is 6. The molecule has 0 aromatic carbocycles. The molecule has 6 heteroatoms. The molecule has 0 aliphatic carbocycles. The standard InChI is InChI=1S/C13H20N4S2/c1-4-17(5-2)7-6-12-15-10(8-18-12)11-9-19-13(14-3)16-11/h8-9H,4-7H2,1-3H3,(H,14,16). The third-order valence-corrected chi connectivity index (χ3v) is 4.84. The molecule has 0 saturated carbocycles. The van der Waals surface area contributed by atoms with Gasteiger partial charge in [-0.3, -0.25) is 0 Å². The summed E-state index contributed by atoms with van der Waals surface area (Å²) in [6.45, 7) is 7.69. The van der Waals surface area contributed by atoms with E-state index in [0.29, 0.717) is 0 Å². The normalized spacial score (nSPS) is 11.2. The van der Waals surface area contributed by atoms with Gasteiger partial charge in [0.05, 0.1) is 5.01 Å². The van der Waals surface area contributed by atoms with Crippen LogP contribution in [0.1, 0.15) is 18.9 Å². The summed E-state index contributed by atoms with van der Waals surface area (Å²) in [4.78, 5) is 11.6. The minimum Gasteiger partial charge on any atom is -0.365 e. The topological polar surface area (TPSA) is 41.1 Å². The van der Waals surface area contributed by atoms with Crippen molar-refractivity contribution in [3.8, 4) is 11.4 Å². The smallest absolute Gasteiger partial charge is 0.183 e. The second-order valence-corrected chi connectivity index (χ2v) is 5.99. The highest BCUT2D eigenvalue weighted by Crippen LogP contribution is 2.26. The summed E-state index contributed by atoms with van der Waals surface area (Å²) < 4.78 is 0. The van der Waals surface area contributed by atoms with Gasteiger partial charge in [-0.15, -0.1) is 22.7 Å². The van der Waals surface area contributed by atoms with Crippen molar-refractivity contribution < 1.29 is 0 Å². The molecule has 0 amide bonds. The summed E-state index contributed by atoms with van der Waals surface area (Å²) in [5, 5.41) is 9.34. The Hall–Kier alpha value is -0.980. The van der Waals surface area contributed by atoms with Crippen molar-refractivity contribution >= 4 is 27.8 Å². The molecule has 0 bridgehead atoms. The Labute approximate surface area is 122 Å². The fourth-order valence-corrected chi connectivity index (χ4v) is 3.29. The van der Waals surface area contributed by atoms with Crippen LogP contribution in [0.4, 0.5) is 5.13 Å². The van der Waals surface area contributed by atoms with Gasteiger partial charge in [-0.05, 0) is 13.1 Å². The third kappa shape index (κ3) is 3.75. The van der Waals surface area contributed by atoms with E-state index in [1.165, 1.54) is 5.01 Å². The molecule has 0 radical (unpaired) electrons. The van der Waals surface area contributed by atoms with E-state index in [9.17, 15) is 0 Å². The SMILES string of the molecule is CCN(CC)CCc1nc(-c2csc(NC)n2)cs1. The first-order valence-electron chi connectivity index (χ1n) is 6.57. The van der Waals surface area contributed by atoms with Crippen molar-refractivity contribution in [2.45, 2.75) is 20.3 Å². The van der Waals surface area contributed by atoms with Crippen molar-refractivity contribution in [3.63, 3.8) is 0 Å². The molecule has 0 spiro atoms. The number of nitrogens with zero attached hydrogens (tertiary/aromatic N) is 3. The molecular weight excluding hydrogens is 276 g/mol.